The highest BCUT2D eigenvalue weighted by Gasteiger charge is 2.31. The fourth-order valence-electron chi connectivity index (χ4n) is 4.90. The number of thiazole rings is 1. The minimum absolute atomic E-state index is 0.0497. The minimum atomic E-state index is -0.769. The number of rotatable bonds is 9. The molecule has 9 heteroatoms. The van der Waals surface area contributed by atoms with Crippen LogP contribution < -0.4 is 29.1 Å². The fraction of sp³-hybridized carbons (Fsp3) is 0.281. The van der Waals surface area contributed by atoms with E-state index in [4.69, 9.17) is 18.9 Å². The minimum Gasteiger partial charge on any atom is -0.490 e. The number of benzene rings is 3. The van der Waals surface area contributed by atoms with Crippen LogP contribution in [0.25, 0.3) is 16.8 Å². The van der Waals surface area contributed by atoms with Gasteiger partial charge in [-0.3, -0.25) is 9.36 Å². The smallest absolute Gasteiger partial charge is 0.337 e. The molecule has 212 valence electrons. The predicted octanol–water partition coefficient (Wildman–Crippen LogP) is 4.76. The van der Waals surface area contributed by atoms with Crippen molar-refractivity contribution in [2.75, 3.05) is 20.3 Å². The highest BCUT2D eigenvalue weighted by molar-refractivity contribution is 7.07. The van der Waals surface area contributed by atoms with Gasteiger partial charge in [0.1, 0.15) is 5.75 Å². The zero-order valence-corrected chi connectivity index (χ0v) is 24.5. The lowest BCUT2D eigenvalue weighted by atomic mass is 9.97. The average Bonchev–Trinajstić information content (AvgIpc) is 3.29. The van der Waals surface area contributed by atoms with Crippen molar-refractivity contribution < 1.29 is 23.7 Å². The molecule has 1 aliphatic rings. The van der Waals surface area contributed by atoms with Crippen LogP contribution in [0.3, 0.4) is 0 Å². The van der Waals surface area contributed by atoms with Crippen LogP contribution >= 0.6 is 11.3 Å². The van der Waals surface area contributed by atoms with Crippen LogP contribution in [0.2, 0.25) is 0 Å². The Morgan fingerprint density at radius 2 is 1.76 bits per heavy atom. The van der Waals surface area contributed by atoms with Gasteiger partial charge in [-0.25, -0.2) is 9.79 Å². The molecule has 1 aliphatic heterocycles. The van der Waals surface area contributed by atoms with Crippen LogP contribution in [0.1, 0.15) is 44.9 Å². The van der Waals surface area contributed by atoms with Crippen LogP contribution in [0.15, 0.2) is 76.2 Å². The Hall–Kier alpha value is -4.37. The Kier molecular flexibility index (Phi) is 8.26. The van der Waals surface area contributed by atoms with Crippen molar-refractivity contribution >= 4 is 34.2 Å². The first kappa shape index (κ1) is 28.2. The van der Waals surface area contributed by atoms with E-state index in [0.29, 0.717) is 45.4 Å². The van der Waals surface area contributed by atoms with E-state index >= 15 is 0 Å². The van der Waals surface area contributed by atoms with E-state index in [1.54, 1.807) is 16.7 Å². The van der Waals surface area contributed by atoms with Crippen molar-refractivity contribution in [3.05, 3.63) is 97.2 Å². The molecule has 0 amide bonds. The summed E-state index contributed by atoms with van der Waals surface area (Å²) in [4.78, 5) is 32.0. The van der Waals surface area contributed by atoms with Gasteiger partial charge in [0.2, 0.25) is 0 Å². The monoisotopic (exact) mass is 572 g/mol. The maximum atomic E-state index is 14.1. The molecule has 3 aromatic carbocycles. The maximum absolute atomic E-state index is 14.1. The Morgan fingerprint density at radius 3 is 2.49 bits per heavy atom. The molecule has 1 atom stereocenters. The average molecular weight is 573 g/mol. The first-order valence-corrected chi connectivity index (χ1v) is 14.3. The van der Waals surface area contributed by atoms with Gasteiger partial charge in [-0.05, 0) is 68.3 Å². The largest absolute Gasteiger partial charge is 0.490 e. The molecule has 0 spiro atoms. The molecule has 0 saturated heterocycles. The van der Waals surface area contributed by atoms with Gasteiger partial charge < -0.3 is 18.9 Å². The second-order valence-corrected chi connectivity index (χ2v) is 10.6. The van der Waals surface area contributed by atoms with E-state index in [1.807, 2.05) is 76.2 Å². The number of carbonyl (C=O) groups excluding carboxylic acids is 1. The summed E-state index contributed by atoms with van der Waals surface area (Å²) in [5.41, 5.74) is 1.45. The number of fused-ring (bicyclic) bond motifs is 2. The first-order chi connectivity index (χ1) is 19.9. The second-order valence-electron chi connectivity index (χ2n) is 9.61. The van der Waals surface area contributed by atoms with E-state index in [1.165, 1.54) is 24.6 Å². The highest BCUT2D eigenvalue weighted by Crippen LogP contribution is 2.35. The fourth-order valence-corrected chi connectivity index (χ4v) is 5.85. The molecule has 0 radical (unpaired) electrons. The van der Waals surface area contributed by atoms with Gasteiger partial charge >= 0.3 is 5.97 Å². The molecule has 0 saturated carbocycles. The zero-order chi connectivity index (χ0) is 29.1. The molecule has 0 bridgehead atoms. The van der Waals surface area contributed by atoms with Crippen molar-refractivity contribution in [3.63, 3.8) is 0 Å². The van der Waals surface area contributed by atoms with Gasteiger partial charge in [-0.15, -0.1) is 0 Å². The number of methoxy groups -OCH3 is 1. The molecule has 2 heterocycles. The van der Waals surface area contributed by atoms with Gasteiger partial charge in [0, 0.05) is 11.8 Å². The SMILES string of the molecule is CCOc1ccc([C@H]2C(C(=O)OC)=CN=c3s/c(=C/c4c(OC(C)C)ccc5ccccc45)c(=O)n32)cc1OCC. The number of ether oxygens (including phenoxy) is 4. The van der Waals surface area contributed by atoms with Gasteiger partial charge in [0.25, 0.3) is 5.56 Å². The van der Waals surface area contributed by atoms with Crippen LogP contribution in [0.5, 0.6) is 17.2 Å². The third kappa shape index (κ3) is 5.50. The molecule has 0 aliphatic carbocycles. The number of hydrogen-bond donors (Lipinski definition) is 0. The standard InChI is InChI=1S/C32H32N2O6S/c1-6-38-26-15-13-21(16-27(26)39-7-2)29-24(31(36)37-5)18-33-32-34(29)30(35)28(41-32)17-23-22-11-9-8-10-20(22)12-14-25(23)40-19(3)4/h8-19,29H,6-7H2,1-5H3/b28-17+/t29-/m0/s1. The van der Waals surface area contributed by atoms with Crippen molar-refractivity contribution in [3.8, 4) is 17.2 Å². The van der Waals surface area contributed by atoms with Gasteiger partial charge in [0.15, 0.2) is 16.3 Å². The third-order valence-corrected chi connectivity index (χ3v) is 7.57. The van der Waals surface area contributed by atoms with Gasteiger partial charge in [0.05, 0.1) is 42.6 Å². The molecule has 1 aromatic heterocycles. The lowest BCUT2D eigenvalue weighted by molar-refractivity contribution is -0.136. The van der Waals surface area contributed by atoms with Crippen LogP contribution in [0.4, 0.5) is 0 Å². The Morgan fingerprint density at radius 1 is 1.02 bits per heavy atom. The molecule has 8 nitrogen and oxygen atoms in total. The lowest BCUT2D eigenvalue weighted by Crippen LogP contribution is -2.39. The Balaban J connectivity index is 1.73. The quantitative estimate of drug-likeness (QED) is 0.269. The van der Waals surface area contributed by atoms with Gasteiger partial charge in [-0.2, -0.15) is 0 Å². The molecule has 0 fully saturated rings. The second kappa shape index (κ2) is 12.0. The maximum Gasteiger partial charge on any atom is 0.337 e. The predicted molar refractivity (Wildman–Crippen MR) is 160 cm³/mol. The van der Waals surface area contributed by atoms with E-state index in [2.05, 4.69) is 4.99 Å². The number of nitrogens with zero attached hydrogens (tertiary/aromatic N) is 2. The zero-order valence-electron chi connectivity index (χ0n) is 23.7. The van der Waals surface area contributed by atoms with Crippen LogP contribution in [-0.4, -0.2) is 37.0 Å². The van der Waals surface area contributed by atoms with E-state index in [0.717, 1.165) is 16.3 Å². The van der Waals surface area contributed by atoms with E-state index < -0.39 is 12.0 Å². The van der Waals surface area contributed by atoms with E-state index in [-0.39, 0.29) is 17.2 Å². The number of hydrogen-bond acceptors (Lipinski definition) is 8. The number of carbonyl (C=O) groups is 1. The highest BCUT2D eigenvalue weighted by atomic mass is 32.1. The molecule has 0 N–H and O–H groups in total. The number of esters is 1. The van der Waals surface area contributed by atoms with Crippen LogP contribution in [0, 0.1) is 0 Å². The summed E-state index contributed by atoms with van der Waals surface area (Å²) in [5, 5.41) is 2.00. The van der Waals surface area contributed by atoms with Crippen LogP contribution in [-0.2, 0) is 9.53 Å². The number of aromatic nitrogens is 1. The lowest BCUT2D eigenvalue weighted by Gasteiger charge is -2.23. The summed E-state index contributed by atoms with van der Waals surface area (Å²) in [6.07, 6.45) is 3.28. The molecule has 4 aromatic rings. The summed E-state index contributed by atoms with van der Waals surface area (Å²) >= 11 is 1.26. The summed E-state index contributed by atoms with van der Waals surface area (Å²) in [6.45, 7) is 8.61. The molecule has 5 rings (SSSR count). The van der Waals surface area contributed by atoms with Crippen molar-refractivity contribution in [2.24, 2.45) is 4.99 Å². The Bertz CT molecular complexity index is 1820. The molecular formula is C32H32N2O6S. The van der Waals surface area contributed by atoms with Crippen molar-refractivity contribution in [2.45, 2.75) is 39.8 Å². The first-order valence-electron chi connectivity index (χ1n) is 13.5. The molecular weight excluding hydrogens is 540 g/mol. The third-order valence-electron chi connectivity index (χ3n) is 6.58. The summed E-state index contributed by atoms with van der Waals surface area (Å²) in [7, 11) is 1.31. The molecule has 41 heavy (non-hydrogen) atoms. The summed E-state index contributed by atoms with van der Waals surface area (Å²) < 4.78 is 24.8. The summed E-state index contributed by atoms with van der Waals surface area (Å²) in [6, 6.07) is 16.6. The van der Waals surface area contributed by atoms with Crippen molar-refractivity contribution in [1.82, 2.24) is 4.57 Å². The van der Waals surface area contributed by atoms with Crippen molar-refractivity contribution in [1.29, 1.82) is 0 Å². The molecule has 0 unspecified atom stereocenters. The van der Waals surface area contributed by atoms with E-state index in [9.17, 15) is 9.59 Å². The topological polar surface area (TPSA) is 88.4 Å². The van der Waals surface area contributed by atoms with Gasteiger partial charge in [-0.1, -0.05) is 47.7 Å². The normalized spacial score (nSPS) is 14.8. The Labute approximate surface area is 241 Å². The summed E-state index contributed by atoms with van der Waals surface area (Å²) in [5.74, 6) is 1.23.